The van der Waals surface area contributed by atoms with Gasteiger partial charge in [0.05, 0.1) is 22.4 Å². The van der Waals surface area contributed by atoms with E-state index in [2.05, 4.69) is 36.4 Å². The Morgan fingerprint density at radius 2 is 1.09 bits per heavy atom. The Labute approximate surface area is 129 Å². The molecule has 0 atom stereocenters. The van der Waals surface area contributed by atoms with E-state index in [0.717, 1.165) is 22.4 Å². The number of rotatable bonds is 0. The summed E-state index contributed by atoms with van der Waals surface area (Å²) < 4.78 is 0. The van der Waals surface area contributed by atoms with Gasteiger partial charge in [-0.3, -0.25) is 0 Å². The average molecular weight is 284 g/mol. The molecule has 3 aromatic carbocycles. The van der Waals surface area contributed by atoms with Gasteiger partial charge in [0.15, 0.2) is 0 Å². The van der Waals surface area contributed by atoms with Crippen LogP contribution in [0.5, 0.6) is 0 Å². The number of hydrogen-bond acceptors (Lipinski definition) is 2. The summed E-state index contributed by atoms with van der Waals surface area (Å²) in [6.07, 6.45) is 0. The van der Waals surface area contributed by atoms with Crippen LogP contribution in [0.3, 0.4) is 0 Å². The summed E-state index contributed by atoms with van der Waals surface area (Å²) in [5.41, 5.74) is 6.33. The highest BCUT2D eigenvalue weighted by Gasteiger charge is 2.23. The molecule has 0 bridgehead atoms. The first-order valence-electron chi connectivity index (χ1n) is 7.71. The zero-order chi connectivity index (χ0) is 15.1. The van der Waals surface area contributed by atoms with Crippen LogP contribution in [0.15, 0.2) is 60.7 Å². The minimum absolute atomic E-state index is 0.955. The first-order chi connectivity index (χ1) is 10.9. The Hall–Kier alpha value is -2.74. The van der Waals surface area contributed by atoms with Crippen LogP contribution >= 0.6 is 0 Å². The summed E-state index contributed by atoms with van der Waals surface area (Å²) in [6.45, 7) is 4.00. The molecule has 0 radical (unpaired) electrons. The van der Waals surface area contributed by atoms with Crippen LogP contribution in [0.2, 0.25) is 0 Å². The van der Waals surface area contributed by atoms with Gasteiger partial charge < -0.3 is 0 Å². The average Bonchev–Trinajstić information content (AvgIpc) is 2.91. The smallest absolute Gasteiger partial charge is 0.0979 e. The molecule has 0 saturated heterocycles. The van der Waals surface area contributed by atoms with Crippen molar-refractivity contribution in [2.45, 2.75) is 13.8 Å². The summed E-state index contributed by atoms with van der Waals surface area (Å²) in [5.74, 6) is 0. The van der Waals surface area contributed by atoms with Crippen molar-refractivity contribution in [1.82, 2.24) is 9.97 Å². The number of hydrogen-bond donors (Lipinski definition) is 0. The lowest BCUT2D eigenvalue weighted by Crippen LogP contribution is -1.89. The fourth-order valence-corrected chi connectivity index (χ4v) is 3.11. The summed E-state index contributed by atoms with van der Waals surface area (Å²) in [7, 11) is 0. The van der Waals surface area contributed by atoms with E-state index in [0.29, 0.717) is 0 Å². The Balaban J connectivity index is 0.000000602. The molecule has 2 nitrogen and oxygen atoms in total. The molecular weight excluding hydrogens is 268 g/mol. The second kappa shape index (κ2) is 4.92. The van der Waals surface area contributed by atoms with Gasteiger partial charge in [-0.15, -0.1) is 0 Å². The lowest BCUT2D eigenvalue weighted by atomic mass is 10.0. The van der Waals surface area contributed by atoms with Gasteiger partial charge in [0, 0.05) is 16.5 Å². The van der Waals surface area contributed by atoms with Gasteiger partial charge in [-0.05, 0) is 17.5 Å². The number of nitrogens with zero attached hydrogens (tertiary/aromatic N) is 2. The molecule has 0 saturated carbocycles. The number of para-hydroxylation sites is 2. The van der Waals surface area contributed by atoms with E-state index in [1.807, 2.05) is 38.1 Å². The number of aromatic nitrogens is 2. The number of benzene rings is 3. The van der Waals surface area contributed by atoms with Crippen LogP contribution in [0, 0.1) is 0 Å². The van der Waals surface area contributed by atoms with Crippen LogP contribution in [0.25, 0.3) is 44.3 Å². The van der Waals surface area contributed by atoms with Crippen LogP contribution < -0.4 is 0 Å². The van der Waals surface area contributed by atoms with E-state index in [4.69, 9.17) is 9.97 Å². The van der Waals surface area contributed by atoms with E-state index in [-0.39, 0.29) is 0 Å². The summed E-state index contributed by atoms with van der Waals surface area (Å²) in [6, 6.07) is 20.8. The molecule has 2 heteroatoms. The van der Waals surface area contributed by atoms with E-state index in [1.54, 1.807) is 0 Å². The molecule has 1 aliphatic carbocycles. The van der Waals surface area contributed by atoms with E-state index in [9.17, 15) is 0 Å². The third-order valence-corrected chi connectivity index (χ3v) is 3.99. The van der Waals surface area contributed by atoms with Crippen molar-refractivity contribution >= 4 is 21.8 Å². The molecular formula is C20H16N2. The maximum Gasteiger partial charge on any atom is 0.0979 e. The topological polar surface area (TPSA) is 25.8 Å². The predicted octanol–water partition coefficient (Wildman–Crippen LogP) is 5.46. The molecule has 0 amide bonds. The Kier molecular flexibility index (Phi) is 2.90. The normalized spacial score (nSPS) is 11.2. The second-order valence-electron chi connectivity index (χ2n) is 5.12. The first kappa shape index (κ1) is 13.0. The molecule has 22 heavy (non-hydrogen) atoms. The van der Waals surface area contributed by atoms with Gasteiger partial charge in [0.1, 0.15) is 0 Å². The highest BCUT2D eigenvalue weighted by Crippen LogP contribution is 2.45. The standard InChI is InChI=1S/C18H10N2.C2H6/c1-2-10-15-14(9-1)19-17-12-7-3-5-11-6-4-8-13(16(11)12)18(17)20-15;1-2/h1-10H;1-2H3. The van der Waals surface area contributed by atoms with Crippen molar-refractivity contribution in [2.75, 3.05) is 0 Å². The molecule has 1 heterocycles. The molecule has 1 aliphatic rings. The van der Waals surface area contributed by atoms with Gasteiger partial charge in [0.25, 0.3) is 0 Å². The monoisotopic (exact) mass is 284 g/mol. The van der Waals surface area contributed by atoms with Crippen LogP contribution in [-0.2, 0) is 0 Å². The largest absolute Gasteiger partial charge is 0.244 e. The third kappa shape index (κ3) is 1.67. The lowest BCUT2D eigenvalue weighted by Gasteiger charge is -2.02. The molecule has 0 fully saturated rings. The van der Waals surface area contributed by atoms with Gasteiger partial charge in [0.2, 0.25) is 0 Å². The molecule has 1 aromatic heterocycles. The highest BCUT2D eigenvalue weighted by molar-refractivity contribution is 6.14. The quantitative estimate of drug-likeness (QED) is 0.377. The van der Waals surface area contributed by atoms with Crippen LogP contribution in [0.1, 0.15) is 13.8 Å². The Morgan fingerprint density at radius 3 is 1.59 bits per heavy atom. The molecule has 0 N–H and O–H groups in total. The Morgan fingerprint density at radius 1 is 0.591 bits per heavy atom. The van der Waals surface area contributed by atoms with Gasteiger partial charge >= 0.3 is 0 Å². The van der Waals surface area contributed by atoms with Crippen molar-refractivity contribution < 1.29 is 0 Å². The molecule has 0 spiro atoms. The van der Waals surface area contributed by atoms with Crippen molar-refractivity contribution in [3.05, 3.63) is 60.7 Å². The van der Waals surface area contributed by atoms with Gasteiger partial charge in [-0.1, -0.05) is 62.4 Å². The van der Waals surface area contributed by atoms with Crippen molar-refractivity contribution in [1.29, 1.82) is 0 Å². The summed E-state index contributed by atoms with van der Waals surface area (Å²) in [5, 5.41) is 2.53. The number of fused-ring (bicyclic) bond motifs is 4. The lowest BCUT2D eigenvalue weighted by molar-refractivity contribution is 1.32. The van der Waals surface area contributed by atoms with Crippen LogP contribution in [0.4, 0.5) is 0 Å². The predicted molar refractivity (Wildman–Crippen MR) is 92.8 cm³/mol. The first-order valence-corrected chi connectivity index (χ1v) is 7.71. The van der Waals surface area contributed by atoms with Crippen molar-refractivity contribution in [2.24, 2.45) is 0 Å². The molecule has 5 rings (SSSR count). The minimum atomic E-state index is 0.955. The zero-order valence-electron chi connectivity index (χ0n) is 12.7. The molecule has 4 aromatic rings. The van der Waals surface area contributed by atoms with Gasteiger partial charge in [-0.2, -0.15) is 0 Å². The van der Waals surface area contributed by atoms with Crippen molar-refractivity contribution in [3.63, 3.8) is 0 Å². The van der Waals surface area contributed by atoms with Crippen LogP contribution in [-0.4, -0.2) is 9.97 Å². The van der Waals surface area contributed by atoms with Crippen molar-refractivity contribution in [3.8, 4) is 22.5 Å². The highest BCUT2D eigenvalue weighted by atomic mass is 14.8. The van der Waals surface area contributed by atoms with E-state index in [1.165, 1.54) is 21.9 Å². The van der Waals surface area contributed by atoms with E-state index >= 15 is 0 Å². The fraction of sp³-hybridized carbons (Fsp3) is 0.100. The fourth-order valence-electron chi connectivity index (χ4n) is 3.11. The molecule has 106 valence electrons. The molecule has 0 aliphatic heterocycles. The zero-order valence-corrected chi connectivity index (χ0v) is 12.7. The second-order valence-corrected chi connectivity index (χ2v) is 5.12. The van der Waals surface area contributed by atoms with E-state index < -0.39 is 0 Å². The minimum Gasteiger partial charge on any atom is -0.244 e. The summed E-state index contributed by atoms with van der Waals surface area (Å²) >= 11 is 0. The van der Waals surface area contributed by atoms with Gasteiger partial charge in [-0.25, -0.2) is 9.97 Å². The third-order valence-electron chi connectivity index (χ3n) is 3.99. The maximum atomic E-state index is 4.83. The SMILES string of the molecule is CC.c1cc2c3c(cccc3c1)-c1nc3ccccc3nc1-2. The maximum absolute atomic E-state index is 4.83. The summed E-state index contributed by atoms with van der Waals surface area (Å²) in [4.78, 5) is 9.67. The Bertz CT molecular complexity index is 926. The molecule has 0 unspecified atom stereocenters.